The van der Waals surface area contributed by atoms with Crippen molar-refractivity contribution < 1.29 is 9.47 Å². The van der Waals surface area contributed by atoms with Gasteiger partial charge in [-0.15, -0.1) is 0 Å². The van der Waals surface area contributed by atoms with Gasteiger partial charge in [0.1, 0.15) is 12.0 Å². The highest BCUT2D eigenvalue weighted by molar-refractivity contribution is 9.10. The fraction of sp³-hybridized carbons (Fsp3) is 0.400. The molecule has 0 spiro atoms. The van der Waals surface area contributed by atoms with Crippen LogP contribution >= 0.6 is 15.9 Å². The number of hydrogen-bond donors (Lipinski definition) is 1. The Morgan fingerprint density at radius 2 is 2.07 bits per heavy atom. The first-order valence-corrected chi connectivity index (χ1v) is 5.05. The Hall–Kier alpha value is -0.580. The van der Waals surface area contributed by atoms with Crippen LogP contribution in [0.1, 0.15) is 11.8 Å². The molecule has 0 aromatic heterocycles. The van der Waals surface area contributed by atoms with Gasteiger partial charge in [-0.3, -0.25) is 5.32 Å². The zero-order chi connectivity index (χ0) is 10.6. The molecule has 0 aliphatic heterocycles. The molecular weight excluding hydrogens is 246 g/mol. The summed E-state index contributed by atoms with van der Waals surface area (Å²) in [6, 6.07) is 5.82. The van der Waals surface area contributed by atoms with E-state index < -0.39 is 0 Å². The molecule has 1 N–H and O–H groups in total. The normalized spacial score (nSPS) is 12.6. The van der Waals surface area contributed by atoms with Gasteiger partial charge < -0.3 is 9.47 Å². The second-order valence-corrected chi connectivity index (χ2v) is 3.71. The van der Waals surface area contributed by atoms with E-state index in [1.165, 1.54) is 0 Å². The van der Waals surface area contributed by atoms with Crippen LogP contribution in [0, 0.1) is 0 Å². The molecule has 0 amide bonds. The molecule has 0 heterocycles. The van der Waals surface area contributed by atoms with E-state index in [2.05, 4.69) is 21.2 Å². The predicted molar refractivity (Wildman–Crippen MR) is 59.5 cm³/mol. The highest BCUT2D eigenvalue weighted by atomic mass is 79.9. The summed E-state index contributed by atoms with van der Waals surface area (Å²) in [5, 5.41) is 3.05. The van der Waals surface area contributed by atoms with E-state index in [9.17, 15) is 0 Å². The highest BCUT2D eigenvalue weighted by Crippen LogP contribution is 2.28. The lowest BCUT2D eigenvalue weighted by Crippen LogP contribution is -2.18. The first kappa shape index (κ1) is 11.5. The van der Waals surface area contributed by atoms with E-state index in [0.29, 0.717) is 0 Å². The van der Waals surface area contributed by atoms with Crippen molar-refractivity contribution in [1.82, 2.24) is 5.32 Å². The SMILES string of the molecule is CNC(OC)c1cc(Br)ccc1OC. The minimum Gasteiger partial charge on any atom is -0.496 e. The minimum absolute atomic E-state index is 0.151. The van der Waals surface area contributed by atoms with Crippen molar-refractivity contribution in [2.45, 2.75) is 6.23 Å². The molecule has 1 aromatic carbocycles. The second-order valence-electron chi connectivity index (χ2n) is 2.79. The van der Waals surface area contributed by atoms with Crippen LogP contribution in [0.25, 0.3) is 0 Å². The molecule has 0 fully saturated rings. The van der Waals surface area contributed by atoms with Gasteiger partial charge in [-0.25, -0.2) is 0 Å². The third-order valence-electron chi connectivity index (χ3n) is 1.97. The highest BCUT2D eigenvalue weighted by Gasteiger charge is 2.13. The van der Waals surface area contributed by atoms with Crippen molar-refractivity contribution in [2.75, 3.05) is 21.3 Å². The first-order chi connectivity index (χ1) is 6.72. The smallest absolute Gasteiger partial charge is 0.137 e. The third kappa shape index (κ3) is 2.47. The predicted octanol–water partition coefficient (Wildman–Crippen LogP) is 2.32. The van der Waals surface area contributed by atoms with E-state index >= 15 is 0 Å². The van der Waals surface area contributed by atoms with Crippen molar-refractivity contribution in [1.29, 1.82) is 0 Å². The van der Waals surface area contributed by atoms with Crippen molar-refractivity contribution >= 4 is 15.9 Å². The molecule has 0 radical (unpaired) electrons. The summed E-state index contributed by atoms with van der Waals surface area (Å²) < 4.78 is 11.5. The van der Waals surface area contributed by atoms with Gasteiger partial charge in [0.2, 0.25) is 0 Å². The molecule has 1 aromatic rings. The number of ether oxygens (including phenoxy) is 2. The fourth-order valence-corrected chi connectivity index (χ4v) is 1.69. The van der Waals surface area contributed by atoms with Crippen LogP contribution in [-0.2, 0) is 4.74 Å². The standard InChI is InChI=1S/C10H14BrNO2/c1-12-10(14-3)8-6-7(11)4-5-9(8)13-2/h4-6,10,12H,1-3H3. The minimum atomic E-state index is -0.151. The molecule has 0 bridgehead atoms. The van der Waals surface area contributed by atoms with Crippen LogP contribution in [0.4, 0.5) is 0 Å². The molecule has 14 heavy (non-hydrogen) atoms. The second kappa shape index (κ2) is 5.34. The van der Waals surface area contributed by atoms with Gasteiger partial charge in [0, 0.05) is 17.1 Å². The van der Waals surface area contributed by atoms with Crippen LogP contribution in [0.2, 0.25) is 0 Å². The van der Waals surface area contributed by atoms with Crippen LogP contribution in [0.15, 0.2) is 22.7 Å². The largest absolute Gasteiger partial charge is 0.496 e. The van der Waals surface area contributed by atoms with Gasteiger partial charge in [-0.2, -0.15) is 0 Å². The summed E-state index contributed by atoms with van der Waals surface area (Å²) in [7, 11) is 5.14. The maximum Gasteiger partial charge on any atom is 0.137 e. The van der Waals surface area contributed by atoms with E-state index in [-0.39, 0.29) is 6.23 Å². The zero-order valence-corrected chi connectivity index (χ0v) is 10.1. The van der Waals surface area contributed by atoms with Crippen molar-refractivity contribution in [3.63, 3.8) is 0 Å². The Morgan fingerprint density at radius 3 is 2.57 bits per heavy atom. The fourth-order valence-electron chi connectivity index (χ4n) is 1.31. The van der Waals surface area contributed by atoms with E-state index in [1.54, 1.807) is 14.2 Å². The molecule has 78 valence electrons. The average Bonchev–Trinajstić information content (AvgIpc) is 2.20. The number of hydrogen-bond acceptors (Lipinski definition) is 3. The molecule has 0 aliphatic rings. The van der Waals surface area contributed by atoms with Gasteiger partial charge in [0.25, 0.3) is 0 Å². The summed E-state index contributed by atoms with van der Waals surface area (Å²) in [4.78, 5) is 0. The third-order valence-corrected chi connectivity index (χ3v) is 2.47. The average molecular weight is 260 g/mol. The lowest BCUT2D eigenvalue weighted by atomic mass is 10.2. The molecular formula is C10H14BrNO2. The van der Waals surface area contributed by atoms with Crippen molar-refractivity contribution in [3.05, 3.63) is 28.2 Å². The summed E-state index contributed by atoms with van der Waals surface area (Å²) in [5.74, 6) is 0.814. The number of nitrogens with one attached hydrogen (secondary N) is 1. The van der Waals surface area contributed by atoms with Gasteiger partial charge in [-0.1, -0.05) is 15.9 Å². The zero-order valence-electron chi connectivity index (χ0n) is 8.50. The van der Waals surface area contributed by atoms with Crippen LogP contribution < -0.4 is 10.1 Å². The Balaban J connectivity index is 3.08. The van der Waals surface area contributed by atoms with E-state index in [0.717, 1.165) is 15.8 Å². The Labute approximate surface area is 92.5 Å². The van der Waals surface area contributed by atoms with Crippen molar-refractivity contribution in [2.24, 2.45) is 0 Å². The molecule has 4 heteroatoms. The lowest BCUT2D eigenvalue weighted by Gasteiger charge is -2.17. The molecule has 0 aliphatic carbocycles. The summed E-state index contributed by atoms with van der Waals surface area (Å²) in [6.07, 6.45) is -0.151. The number of methoxy groups -OCH3 is 2. The molecule has 0 saturated carbocycles. The summed E-state index contributed by atoms with van der Waals surface area (Å²) in [6.45, 7) is 0. The Bertz CT molecular complexity index is 300. The van der Waals surface area contributed by atoms with E-state index in [1.807, 2.05) is 25.2 Å². The summed E-state index contributed by atoms with van der Waals surface area (Å²) >= 11 is 3.41. The maximum atomic E-state index is 5.27. The van der Waals surface area contributed by atoms with Gasteiger partial charge >= 0.3 is 0 Å². The van der Waals surface area contributed by atoms with Crippen LogP contribution in [-0.4, -0.2) is 21.3 Å². The van der Waals surface area contributed by atoms with Gasteiger partial charge in [-0.05, 0) is 25.2 Å². The monoisotopic (exact) mass is 259 g/mol. The topological polar surface area (TPSA) is 30.5 Å². The molecule has 3 nitrogen and oxygen atoms in total. The van der Waals surface area contributed by atoms with Crippen molar-refractivity contribution in [3.8, 4) is 5.75 Å². The van der Waals surface area contributed by atoms with Gasteiger partial charge in [0.15, 0.2) is 0 Å². The summed E-state index contributed by atoms with van der Waals surface area (Å²) in [5.41, 5.74) is 0.979. The van der Waals surface area contributed by atoms with E-state index in [4.69, 9.17) is 9.47 Å². The lowest BCUT2D eigenvalue weighted by molar-refractivity contribution is 0.0786. The Kier molecular flexibility index (Phi) is 4.38. The number of benzene rings is 1. The molecule has 1 rings (SSSR count). The molecule has 0 saturated heterocycles. The first-order valence-electron chi connectivity index (χ1n) is 4.26. The molecule has 1 atom stereocenters. The number of rotatable bonds is 4. The molecule has 1 unspecified atom stereocenters. The quantitative estimate of drug-likeness (QED) is 0.843. The van der Waals surface area contributed by atoms with Crippen LogP contribution in [0.5, 0.6) is 5.75 Å². The Morgan fingerprint density at radius 1 is 1.36 bits per heavy atom. The van der Waals surface area contributed by atoms with Crippen LogP contribution in [0.3, 0.4) is 0 Å². The van der Waals surface area contributed by atoms with Gasteiger partial charge in [0.05, 0.1) is 7.11 Å². The number of halogens is 1. The maximum absolute atomic E-state index is 5.27.